The van der Waals surface area contributed by atoms with Gasteiger partial charge in [0.1, 0.15) is 5.01 Å². The van der Waals surface area contributed by atoms with Gasteiger partial charge in [-0.25, -0.2) is 4.98 Å². The lowest BCUT2D eigenvalue weighted by Crippen LogP contribution is -2.37. The minimum atomic E-state index is -0.0981. The van der Waals surface area contributed by atoms with Crippen molar-refractivity contribution in [2.24, 2.45) is 17.6 Å². The van der Waals surface area contributed by atoms with Gasteiger partial charge in [-0.1, -0.05) is 20.8 Å². The van der Waals surface area contributed by atoms with Crippen LogP contribution in [-0.4, -0.2) is 17.4 Å². The quantitative estimate of drug-likeness (QED) is 0.798. The molecule has 0 aromatic carbocycles. The largest absolute Gasteiger partial charge is 0.347 e. The third-order valence-electron chi connectivity index (χ3n) is 2.89. The summed E-state index contributed by atoms with van der Waals surface area (Å²) in [6.45, 7) is 6.66. The van der Waals surface area contributed by atoms with Crippen LogP contribution in [-0.2, 0) is 4.79 Å². The fourth-order valence-corrected chi connectivity index (χ4v) is 2.69. The third kappa shape index (κ3) is 4.38. The fourth-order valence-electron chi connectivity index (χ4n) is 1.91. The number of nitrogens with one attached hydrogen (secondary N) is 1. The van der Waals surface area contributed by atoms with E-state index in [0.717, 1.165) is 17.8 Å². The van der Waals surface area contributed by atoms with Gasteiger partial charge in [0, 0.05) is 18.1 Å². The van der Waals surface area contributed by atoms with Crippen molar-refractivity contribution in [3.63, 3.8) is 0 Å². The molecule has 0 spiro atoms. The van der Waals surface area contributed by atoms with Gasteiger partial charge in [0.05, 0.1) is 12.0 Å². The molecule has 102 valence electrons. The number of thiazole rings is 1. The maximum absolute atomic E-state index is 12.2. The first-order chi connectivity index (χ1) is 8.58. The second-order valence-corrected chi connectivity index (χ2v) is 5.83. The Kier molecular flexibility index (Phi) is 6.29. The molecule has 0 fully saturated rings. The number of aromatic nitrogens is 1. The Hall–Kier alpha value is -0.940. The first kappa shape index (κ1) is 15.1. The van der Waals surface area contributed by atoms with Crippen LogP contribution in [0.4, 0.5) is 0 Å². The minimum absolute atomic E-state index is 0.0127. The number of nitrogens with two attached hydrogens (primary N) is 1. The van der Waals surface area contributed by atoms with Crippen LogP contribution in [0.2, 0.25) is 0 Å². The summed E-state index contributed by atoms with van der Waals surface area (Å²) < 4.78 is 0. The second-order valence-electron chi connectivity index (χ2n) is 4.90. The van der Waals surface area contributed by atoms with Crippen LogP contribution in [0.5, 0.6) is 0 Å². The van der Waals surface area contributed by atoms with Crippen LogP contribution in [0.3, 0.4) is 0 Å². The monoisotopic (exact) mass is 269 g/mol. The van der Waals surface area contributed by atoms with Crippen molar-refractivity contribution in [3.05, 3.63) is 16.6 Å². The summed E-state index contributed by atoms with van der Waals surface area (Å²) in [6.07, 6.45) is 3.44. The fraction of sp³-hybridized carbons (Fsp3) is 0.692. The van der Waals surface area contributed by atoms with Crippen molar-refractivity contribution in [1.82, 2.24) is 10.3 Å². The zero-order chi connectivity index (χ0) is 13.5. The highest BCUT2D eigenvalue weighted by Crippen LogP contribution is 2.20. The number of hydrogen-bond donors (Lipinski definition) is 2. The first-order valence-corrected chi connectivity index (χ1v) is 7.36. The predicted molar refractivity (Wildman–Crippen MR) is 75.3 cm³/mol. The maximum Gasteiger partial charge on any atom is 0.224 e. The molecule has 0 saturated carbocycles. The average Bonchev–Trinajstić information content (AvgIpc) is 2.85. The number of amides is 1. The second kappa shape index (κ2) is 7.48. The summed E-state index contributed by atoms with van der Waals surface area (Å²) in [5, 5.41) is 5.95. The van der Waals surface area contributed by atoms with Gasteiger partial charge in [-0.2, -0.15) is 0 Å². The minimum Gasteiger partial charge on any atom is -0.347 e. The molecule has 0 aliphatic heterocycles. The molecule has 1 aromatic rings. The average molecular weight is 269 g/mol. The maximum atomic E-state index is 12.2. The van der Waals surface area contributed by atoms with Crippen LogP contribution in [0.25, 0.3) is 0 Å². The topological polar surface area (TPSA) is 68.0 Å². The van der Waals surface area contributed by atoms with E-state index in [9.17, 15) is 4.79 Å². The zero-order valence-corrected chi connectivity index (χ0v) is 12.2. The Balaban J connectivity index is 2.61. The number of nitrogens with zero attached hydrogens (tertiary/aromatic N) is 1. The number of carbonyl (C=O) groups is 1. The van der Waals surface area contributed by atoms with E-state index < -0.39 is 0 Å². The predicted octanol–water partition coefficient (Wildman–Crippen LogP) is 2.33. The van der Waals surface area contributed by atoms with Gasteiger partial charge in [0.2, 0.25) is 5.91 Å². The normalized spacial score (nSPS) is 14.5. The lowest BCUT2D eigenvalue weighted by atomic mass is 9.96. The van der Waals surface area contributed by atoms with Gasteiger partial charge >= 0.3 is 0 Å². The molecule has 0 saturated heterocycles. The number of hydrogen-bond acceptors (Lipinski definition) is 4. The van der Waals surface area contributed by atoms with Crippen LogP contribution in [0.1, 0.15) is 44.7 Å². The van der Waals surface area contributed by atoms with Crippen molar-refractivity contribution in [3.8, 4) is 0 Å². The van der Waals surface area contributed by atoms with E-state index in [0.29, 0.717) is 12.5 Å². The molecule has 0 radical (unpaired) electrons. The van der Waals surface area contributed by atoms with E-state index in [1.54, 1.807) is 17.5 Å². The van der Waals surface area contributed by atoms with E-state index in [1.807, 2.05) is 12.3 Å². The van der Waals surface area contributed by atoms with E-state index in [1.165, 1.54) is 0 Å². The molecule has 1 amide bonds. The first-order valence-electron chi connectivity index (χ1n) is 6.48. The summed E-state index contributed by atoms with van der Waals surface area (Å²) >= 11 is 1.57. The van der Waals surface area contributed by atoms with Crippen LogP contribution in [0.15, 0.2) is 11.6 Å². The van der Waals surface area contributed by atoms with Gasteiger partial charge in [-0.15, -0.1) is 11.3 Å². The highest BCUT2D eigenvalue weighted by molar-refractivity contribution is 7.09. The lowest BCUT2D eigenvalue weighted by Gasteiger charge is -2.20. The van der Waals surface area contributed by atoms with Gasteiger partial charge in [0.25, 0.3) is 0 Å². The lowest BCUT2D eigenvalue weighted by molar-refractivity contribution is -0.126. The van der Waals surface area contributed by atoms with Crippen molar-refractivity contribution in [1.29, 1.82) is 0 Å². The molecule has 3 N–H and O–H groups in total. The van der Waals surface area contributed by atoms with Gasteiger partial charge in [0.15, 0.2) is 0 Å². The van der Waals surface area contributed by atoms with Crippen molar-refractivity contribution in [2.75, 3.05) is 6.54 Å². The molecule has 0 bridgehead atoms. The van der Waals surface area contributed by atoms with Crippen molar-refractivity contribution < 1.29 is 4.79 Å². The van der Waals surface area contributed by atoms with E-state index >= 15 is 0 Å². The number of rotatable bonds is 7. The van der Waals surface area contributed by atoms with Crippen LogP contribution in [0, 0.1) is 11.8 Å². The number of carbonyl (C=O) groups excluding carboxylic acids is 1. The van der Waals surface area contributed by atoms with Crippen molar-refractivity contribution >= 4 is 17.2 Å². The summed E-state index contributed by atoms with van der Waals surface area (Å²) in [6, 6.07) is 0.0127. The standard InChI is InChI=1S/C13H23N3OS/c1-4-11(13-15-5-6-18-13)16-12(17)10(8-14)7-9(2)3/h5-6,9-11H,4,7-8,14H2,1-3H3,(H,16,17). The third-order valence-corrected chi connectivity index (χ3v) is 3.77. The zero-order valence-electron chi connectivity index (χ0n) is 11.3. The highest BCUT2D eigenvalue weighted by Gasteiger charge is 2.22. The molecule has 0 aliphatic rings. The molecule has 1 rings (SSSR count). The molecule has 2 atom stereocenters. The molecule has 18 heavy (non-hydrogen) atoms. The smallest absolute Gasteiger partial charge is 0.224 e. The molecule has 4 nitrogen and oxygen atoms in total. The van der Waals surface area contributed by atoms with Gasteiger partial charge in [-0.3, -0.25) is 4.79 Å². The molecule has 5 heteroatoms. The SMILES string of the molecule is CCC(NC(=O)C(CN)CC(C)C)c1nccs1. The highest BCUT2D eigenvalue weighted by atomic mass is 32.1. The van der Waals surface area contributed by atoms with Crippen molar-refractivity contribution in [2.45, 2.75) is 39.7 Å². The van der Waals surface area contributed by atoms with Gasteiger partial charge in [-0.05, 0) is 18.8 Å². The summed E-state index contributed by atoms with van der Waals surface area (Å²) in [7, 11) is 0. The van der Waals surface area contributed by atoms with Gasteiger partial charge < -0.3 is 11.1 Å². The molecule has 0 aliphatic carbocycles. The Bertz CT molecular complexity index is 351. The molecular formula is C13H23N3OS. The van der Waals surface area contributed by atoms with Crippen LogP contribution < -0.4 is 11.1 Å². The summed E-state index contributed by atoms with van der Waals surface area (Å²) in [5.74, 6) is 0.427. The Morgan fingerprint density at radius 2 is 2.28 bits per heavy atom. The Morgan fingerprint density at radius 1 is 1.56 bits per heavy atom. The molecular weight excluding hydrogens is 246 g/mol. The van der Waals surface area contributed by atoms with E-state index in [-0.39, 0.29) is 17.9 Å². The molecule has 1 heterocycles. The van der Waals surface area contributed by atoms with Crippen LogP contribution >= 0.6 is 11.3 Å². The Labute approximate surface area is 113 Å². The summed E-state index contributed by atoms with van der Waals surface area (Å²) in [4.78, 5) is 16.4. The molecule has 1 aromatic heterocycles. The molecule has 2 unspecified atom stereocenters. The Morgan fingerprint density at radius 3 is 2.72 bits per heavy atom. The summed E-state index contributed by atoms with van der Waals surface area (Å²) in [5.41, 5.74) is 5.68. The van der Waals surface area contributed by atoms with E-state index in [4.69, 9.17) is 5.73 Å². The van der Waals surface area contributed by atoms with E-state index in [2.05, 4.69) is 24.1 Å².